The Kier molecular flexibility index (Phi) is 2.48. The van der Waals surface area contributed by atoms with Crippen molar-refractivity contribution in [3.8, 4) is 0 Å². The molecular weight excluding hydrogens is 254 g/mol. The van der Waals surface area contributed by atoms with Crippen LogP contribution in [0.2, 0.25) is 5.02 Å². The van der Waals surface area contributed by atoms with Gasteiger partial charge in [0.1, 0.15) is 11.4 Å². The number of aromatic carboxylic acids is 1. The quantitative estimate of drug-likeness (QED) is 0.873. The molecule has 2 aromatic rings. The van der Waals surface area contributed by atoms with Gasteiger partial charge in [-0.05, 0) is 17.7 Å². The summed E-state index contributed by atoms with van der Waals surface area (Å²) in [6.45, 7) is 0.600. The van der Waals surface area contributed by atoms with Gasteiger partial charge in [-0.3, -0.25) is 0 Å². The van der Waals surface area contributed by atoms with Crippen LogP contribution in [0.1, 0.15) is 22.0 Å². The molecule has 1 aromatic carbocycles. The molecule has 1 aliphatic heterocycles. The lowest BCUT2D eigenvalue weighted by Crippen LogP contribution is -2.08. The Bertz CT molecular complexity index is 624. The van der Waals surface area contributed by atoms with Crippen LogP contribution < -0.4 is 5.32 Å². The molecule has 18 heavy (non-hydrogen) atoms. The maximum absolute atomic E-state index is 11.0. The van der Waals surface area contributed by atoms with Gasteiger partial charge in [-0.25, -0.2) is 9.48 Å². The highest BCUT2D eigenvalue weighted by molar-refractivity contribution is 6.30. The Morgan fingerprint density at radius 3 is 3.11 bits per heavy atom. The van der Waals surface area contributed by atoms with Crippen molar-refractivity contribution < 1.29 is 9.90 Å². The fourth-order valence-electron chi connectivity index (χ4n) is 2.13. The Balaban J connectivity index is 1.91. The zero-order valence-corrected chi connectivity index (χ0v) is 10.1. The number of halogens is 1. The molecule has 0 unspecified atom stereocenters. The van der Waals surface area contributed by atoms with Crippen LogP contribution >= 0.6 is 11.6 Å². The largest absolute Gasteiger partial charge is 0.477 e. The molecule has 1 aliphatic rings. The van der Waals surface area contributed by atoms with Crippen molar-refractivity contribution in [2.45, 2.75) is 12.6 Å². The van der Waals surface area contributed by atoms with Crippen molar-refractivity contribution in [2.24, 2.45) is 0 Å². The summed E-state index contributed by atoms with van der Waals surface area (Å²) >= 11 is 5.95. The number of hydrogen-bond donors (Lipinski definition) is 2. The Morgan fingerprint density at radius 1 is 1.56 bits per heavy atom. The number of rotatable bonds is 2. The van der Waals surface area contributed by atoms with E-state index in [0.717, 1.165) is 5.56 Å². The van der Waals surface area contributed by atoms with Crippen LogP contribution in [0.3, 0.4) is 0 Å². The van der Waals surface area contributed by atoms with E-state index in [9.17, 15) is 4.79 Å². The molecular formula is C12H10ClN3O2. The zero-order chi connectivity index (χ0) is 12.7. The maximum Gasteiger partial charge on any atom is 0.341 e. The molecule has 1 atom stereocenters. The third-order valence-electron chi connectivity index (χ3n) is 2.99. The van der Waals surface area contributed by atoms with Gasteiger partial charge in [-0.1, -0.05) is 23.7 Å². The number of aromatic nitrogens is 2. The van der Waals surface area contributed by atoms with E-state index in [4.69, 9.17) is 16.7 Å². The standard InChI is InChI=1S/C12H10ClN3O2/c13-8-3-1-2-7(4-8)10-6-16-11(15-10)9(5-14-16)12(17)18/h1-5,10,15H,6H2,(H,17,18)/t10-/m1/s1. The van der Waals surface area contributed by atoms with Gasteiger partial charge in [0.05, 0.1) is 18.8 Å². The molecule has 2 N–H and O–H groups in total. The first-order valence-electron chi connectivity index (χ1n) is 5.46. The molecule has 0 amide bonds. The average molecular weight is 264 g/mol. The zero-order valence-electron chi connectivity index (χ0n) is 9.30. The van der Waals surface area contributed by atoms with E-state index in [1.807, 2.05) is 18.2 Å². The second-order valence-corrected chi connectivity index (χ2v) is 4.58. The number of nitrogens with zero attached hydrogens (tertiary/aromatic N) is 2. The van der Waals surface area contributed by atoms with Gasteiger partial charge >= 0.3 is 5.97 Å². The summed E-state index contributed by atoms with van der Waals surface area (Å²) in [5, 5.41) is 16.9. The van der Waals surface area contributed by atoms with Crippen LogP contribution in [0, 0.1) is 0 Å². The van der Waals surface area contributed by atoms with E-state index in [1.165, 1.54) is 6.20 Å². The van der Waals surface area contributed by atoms with Crippen molar-refractivity contribution >= 4 is 23.4 Å². The molecule has 0 aliphatic carbocycles. The van der Waals surface area contributed by atoms with Crippen LogP contribution in [0.4, 0.5) is 5.82 Å². The number of fused-ring (bicyclic) bond motifs is 1. The minimum atomic E-state index is -0.976. The molecule has 2 heterocycles. The van der Waals surface area contributed by atoms with E-state index in [2.05, 4.69) is 10.4 Å². The molecule has 0 radical (unpaired) electrons. The van der Waals surface area contributed by atoms with E-state index < -0.39 is 5.97 Å². The predicted molar refractivity (Wildman–Crippen MR) is 67.0 cm³/mol. The van der Waals surface area contributed by atoms with Crippen molar-refractivity contribution in [1.82, 2.24) is 9.78 Å². The van der Waals surface area contributed by atoms with Gasteiger partial charge < -0.3 is 10.4 Å². The number of nitrogens with one attached hydrogen (secondary N) is 1. The number of benzene rings is 1. The van der Waals surface area contributed by atoms with Gasteiger partial charge in [0.25, 0.3) is 0 Å². The van der Waals surface area contributed by atoms with E-state index >= 15 is 0 Å². The fraction of sp³-hybridized carbons (Fsp3) is 0.167. The van der Waals surface area contributed by atoms with Crippen molar-refractivity contribution in [1.29, 1.82) is 0 Å². The van der Waals surface area contributed by atoms with Gasteiger partial charge in [-0.2, -0.15) is 5.10 Å². The highest BCUT2D eigenvalue weighted by Crippen LogP contribution is 2.31. The van der Waals surface area contributed by atoms with Crippen molar-refractivity contribution in [3.63, 3.8) is 0 Å². The summed E-state index contributed by atoms with van der Waals surface area (Å²) in [5.74, 6) is -0.428. The molecule has 0 saturated carbocycles. The smallest absolute Gasteiger partial charge is 0.341 e. The third-order valence-corrected chi connectivity index (χ3v) is 3.22. The third kappa shape index (κ3) is 1.73. The normalized spacial score (nSPS) is 17.3. The van der Waals surface area contributed by atoms with Crippen LogP contribution in [-0.2, 0) is 6.54 Å². The lowest BCUT2D eigenvalue weighted by Gasteiger charge is -2.11. The highest BCUT2D eigenvalue weighted by Gasteiger charge is 2.27. The summed E-state index contributed by atoms with van der Waals surface area (Å²) in [6.07, 6.45) is 1.36. The molecule has 0 spiro atoms. The SMILES string of the molecule is O=C(O)c1cnn2c1N[C@@H](c1cccc(Cl)c1)C2. The van der Waals surface area contributed by atoms with Crippen LogP contribution in [-0.4, -0.2) is 20.9 Å². The molecule has 6 heteroatoms. The lowest BCUT2D eigenvalue weighted by atomic mass is 10.1. The molecule has 1 aromatic heterocycles. The van der Waals surface area contributed by atoms with Gasteiger partial charge in [0.15, 0.2) is 0 Å². The first-order valence-corrected chi connectivity index (χ1v) is 5.84. The van der Waals surface area contributed by atoms with Gasteiger partial charge in [0, 0.05) is 5.02 Å². The lowest BCUT2D eigenvalue weighted by molar-refractivity contribution is 0.0698. The highest BCUT2D eigenvalue weighted by atomic mass is 35.5. The molecule has 0 bridgehead atoms. The maximum atomic E-state index is 11.0. The van der Waals surface area contributed by atoms with Gasteiger partial charge in [0.2, 0.25) is 0 Å². The topological polar surface area (TPSA) is 67.1 Å². The number of carbonyl (C=O) groups is 1. The minimum Gasteiger partial charge on any atom is -0.477 e. The van der Waals surface area contributed by atoms with Gasteiger partial charge in [-0.15, -0.1) is 0 Å². The fourth-order valence-corrected chi connectivity index (χ4v) is 2.33. The molecule has 0 fully saturated rings. The molecule has 92 valence electrons. The van der Waals surface area contributed by atoms with E-state index in [0.29, 0.717) is 17.4 Å². The summed E-state index contributed by atoms with van der Waals surface area (Å²) in [4.78, 5) is 11.0. The summed E-state index contributed by atoms with van der Waals surface area (Å²) < 4.78 is 1.66. The number of carboxylic acid groups (broad SMARTS) is 1. The predicted octanol–water partition coefficient (Wildman–Crippen LogP) is 2.40. The summed E-state index contributed by atoms with van der Waals surface area (Å²) in [7, 11) is 0. The monoisotopic (exact) mass is 263 g/mol. The number of carboxylic acids is 1. The number of anilines is 1. The van der Waals surface area contributed by atoms with E-state index in [1.54, 1.807) is 10.7 Å². The summed E-state index contributed by atoms with van der Waals surface area (Å²) in [6, 6.07) is 7.51. The minimum absolute atomic E-state index is 0.00509. The van der Waals surface area contributed by atoms with Crippen molar-refractivity contribution in [2.75, 3.05) is 5.32 Å². The molecule has 5 nitrogen and oxygen atoms in total. The first-order chi connectivity index (χ1) is 8.65. The molecule has 3 rings (SSSR count). The second kappa shape index (κ2) is 4.03. The first kappa shape index (κ1) is 11.1. The van der Waals surface area contributed by atoms with Crippen LogP contribution in [0.15, 0.2) is 30.5 Å². The Morgan fingerprint density at radius 2 is 2.39 bits per heavy atom. The Labute approximate surface area is 108 Å². The Hall–Kier alpha value is -2.01. The average Bonchev–Trinajstić information content (AvgIpc) is 2.87. The van der Waals surface area contributed by atoms with Crippen molar-refractivity contribution in [3.05, 3.63) is 46.6 Å². The van der Waals surface area contributed by atoms with Crippen LogP contribution in [0.25, 0.3) is 0 Å². The number of hydrogen-bond acceptors (Lipinski definition) is 3. The second-order valence-electron chi connectivity index (χ2n) is 4.15. The molecule has 0 saturated heterocycles. The van der Waals surface area contributed by atoms with E-state index in [-0.39, 0.29) is 11.6 Å². The van der Waals surface area contributed by atoms with Crippen LogP contribution in [0.5, 0.6) is 0 Å². The summed E-state index contributed by atoms with van der Waals surface area (Å²) in [5.41, 5.74) is 1.21.